The number of nitrogens with one attached hydrogen (secondary N) is 1. The number of carbonyl (C=O) groups excluding carboxylic acids is 1. The van der Waals surface area contributed by atoms with E-state index in [4.69, 9.17) is 0 Å². The minimum Gasteiger partial charge on any atom is -0.480 e. The third-order valence-electron chi connectivity index (χ3n) is 3.53. The molecule has 6 nitrogen and oxygen atoms in total. The Labute approximate surface area is 133 Å². The van der Waals surface area contributed by atoms with Crippen LogP contribution in [0.25, 0.3) is 10.2 Å². The molecule has 0 saturated heterocycles. The van der Waals surface area contributed by atoms with Crippen molar-refractivity contribution in [1.82, 2.24) is 15.1 Å². The lowest BCUT2D eigenvalue weighted by molar-refractivity contribution is -0.140. The van der Waals surface area contributed by atoms with Gasteiger partial charge in [-0.1, -0.05) is 27.7 Å². The molecule has 0 spiro atoms. The smallest absolute Gasteiger partial charge is 0.326 e. The average molecular weight is 323 g/mol. The van der Waals surface area contributed by atoms with Crippen LogP contribution in [0.4, 0.5) is 0 Å². The van der Waals surface area contributed by atoms with Crippen molar-refractivity contribution in [2.24, 2.45) is 13.0 Å². The van der Waals surface area contributed by atoms with E-state index in [2.05, 4.69) is 24.3 Å². The molecular formula is C15H21N3O3S. The summed E-state index contributed by atoms with van der Waals surface area (Å²) in [4.78, 5) is 25.0. The zero-order chi connectivity index (χ0) is 16.6. The van der Waals surface area contributed by atoms with Gasteiger partial charge in [0, 0.05) is 12.4 Å². The second kappa shape index (κ2) is 6.08. The Bertz CT molecular complexity index is 715. The van der Waals surface area contributed by atoms with Gasteiger partial charge in [0.15, 0.2) is 0 Å². The molecule has 0 aliphatic heterocycles. The highest BCUT2D eigenvalue weighted by Crippen LogP contribution is 2.31. The lowest BCUT2D eigenvalue weighted by Gasteiger charge is -2.17. The van der Waals surface area contributed by atoms with Gasteiger partial charge in [-0.05, 0) is 17.9 Å². The summed E-state index contributed by atoms with van der Waals surface area (Å²) in [6.45, 7) is 7.65. The van der Waals surface area contributed by atoms with Crippen LogP contribution in [0.1, 0.15) is 49.0 Å². The van der Waals surface area contributed by atoms with Crippen LogP contribution in [0.2, 0.25) is 0 Å². The Kier molecular flexibility index (Phi) is 4.55. The summed E-state index contributed by atoms with van der Waals surface area (Å²) in [5.74, 6) is -1.29. The Hall–Kier alpha value is -1.89. The van der Waals surface area contributed by atoms with Crippen molar-refractivity contribution in [1.29, 1.82) is 0 Å². The fraction of sp³-hybridized carbons (Fsp3) is 0.533. The number of thiophene rings is 1. The van der Waals surface area contributed by atoms with Crippen molar-refractivity contribution < 1.29 is 14.7 Å². The number of nitrogens with zero attached hydrogens (tertiary/aromatic N) is 2. The minimum absolute atomic E-state index is 0.177. The SMILES string of the molecule is CC(C)c1nn(C)c2sc(C(=O)N[C@@H](C(=O)O)C(C)C)cc12. The zero-order valence-corrected chi connectivity index (χ0v) is 14.2. The van der Waals surface area contributed by atoms with Crippen molar-refractivity contribution in [2.75, 3.05) is 0 Å². The first-order valence-electron chi connectivity index (χ1n) is 7.22. The number of hydrogen-bond acceptors (Lipinski definition) is 4. The molecule has 120 valence electrons. The number of carboxylic acids is 1. The number of rotatable bonds is 5. The largest absolute Gasteiger partial charge is 0.480 e. The van der Waals surface area contributed by atoms with Crippen molar-refractivity contribution in [2.45, 2.75) is 39.7 Å². The normalized spacial score (nSPS) is 13.0. The first-order chi connectivity index (χ1) is 10.2. The van der Waals surface area contributed by atoms with E-state index in [9.17, 15) is 14.7 Å². The van der Waals surface area contributed by atoms with E-state index in [-0.39, 0.29) is 17.7 Å². The van der Waals surface area contributed by atoms with Gasteiger partial charge in [0.2, 0.25) is 0 Å². The van der Waals surface area contributed by atoms with Crippen LogP contribution in [-0.2, 0) is 11.8 Å². The monoisotopic (exact) mass is 323 g/mol. The topological polar surface area (TPSA) is 84.2 Å². The van der Waals surface area contributed by atoms with Crippen LogP contribution in [0.3, 0.4) is 0 Å². The lowest BCUT2D eigenvalue weighted by atomic mass is 10.0. The fourth-order valence-electron chi connectivity index (χ4n) is 2.33. The summed E-state index contributed by atoms with van der Waals surface area (Å²) >= 11 is 1.33. The van der Waals surface area contributed by atoms with Crippen molar-refractivity contribution in [3.8, 4) is 0 Å². The maximum atomic E-state index is 12.3. The molecule has 0 aliphatic carbocycles. The maximum absolute atomic E-state index is 12.3. The maximum Gasteiger partial charge on any atom is 0.326 e. The van der Waals surface area contributed by atoms with E-state index in [0.29, 0.717) is 4.88 Å². The van der Waals surface area contributed by atoms with Crippen LogP contribution in [0.5, 0.6) is 0 Å². The summed E-state index contributed by atoms with van der Waals surface area (Å²) in [5, 5.41) is 17.2. The third kappa shape index (κ3) is 2.99. The number of aliphatic carboxylic acids is 1. The number of aromatic nitrogens is 2. The van der Waals surface area contributed by atoms with Crippen LogP contribution < -0.4 is 5.32 Å². The summed E-state index contributed by atoms with van der Waals surface area (Å²) in [6.07, 6.45) is 0. The van der Waals surface area contributed by atoms with Crippen molar-refractivity contribution in [3.05, 3.63) is 16.6 Å². The first kappa shape index (κ1) is 16.5. The van der Waals surface area contributed by atoms with Gasteiger partial charge in [0.1, 0.15) is 10.9 Å². The van der Waals surface area contributed by atoms with E-state index in [0.717, 1.165) is 15.9 Å². The van der Waals surface area contributed by atoms with Crippen LogP contribution in [0, 0.1) is 5.92 Å². The van der Waals surface area contributed by atoms with Crippen LogP contribution in [0.15, 0.2) is 6.07 Å². The van der Waals surface area contributed by atoms with Gasteiger partial charge < -0.3 is 10.4 Å². The predicted octanol–water partition coefficient (Wildman–Crippen LogP) is 2.60. The lowest BCUT2D eigenvalue weighted by Crippen LogP contribution is -2.44. The molecule has 7 heteroatoms. The predicted molar refractivity (Wildman–Crippen MR) is 86.4 cm³/mol. The third-order valence-corrected chi connectivity index (χ3v) is 4.73. The summed E-state index contributed by atoms with van der Waals surface area (Å²) in [7, 11) is 1.85. The van der Waals surface area contributed by atoms with Crippen molar-refractivity contribution in [3.63, 3.8) is 0 Å². The number of carboxylic acid groups (broad SMARTS) is 1. The average Bonchev–Trinajstić information content (AvgIpc) is 2.96. The molecule has 0 aromatic carbocycles. The van der Waals surface area contributed by atoms with Crippen LogP contribution >= 0.6 is 11.3 Å². The summed E-state index contributed by atoms with van der Waals surface area (Å²) < 4.78 is 1.77. The van der Waals surface area contributed by atoms with Gasteiger partial charge in [-0.25, -0.2) is 4.79 Å². The highest BCUT2D eigenvalue weighted by molar-refractivity contribution is 7.20. The van der Waals surface area contributed by atoms with E-state index >= 15 is 0 Å². The molecule has 0 saturated carbocycles. The highest BCUT2D eigenvalue weighted by atomic mass is 32.1. The Morgan fingerprint density at radius 2 is 1.95 bits per heavy atom. The Balaban J connectivity index is 2.33. The number of aryl methyl sites for hydroxylation is 1. The molecule has 2 N–H and O–H groups in total. The standard InChI is InChI=1S/C15H21N3O3S/c1-7(2)11-9-6-10(22-14(9)18(5)17-11)13(19)16-12(8(3)4)15(20)21/h6-8,12H,1-5H3,(H,16,19)(H,20,21)/t12-/m1/s1. The zero-order valence-electron chi connectivity index (χ0n) is 13.4. The minimum atomic E-state index is -1.02. The number of amides is 1. The first-order valence-corrected chi connectivity index (χ1v) is 8.04. The van der Waals surface area contributed by atoms with Crippen LogP contribution in [-0.4, -0.2) is 32.8 Å². The summed E-state index contributed by atoms with van der Waals surface area (Å²) in [5.41, 5.74) is 0.950. The van der Waals surface area contributed by atoms with Gasteiger partial charge in [-0.2, -0.15) is 5.10 Å². The molecule has 0 bridgehead atoms. The van der Waals surface area contributed by atoms with Gasteiger partial charge in [0.05, 0.1) is 10.6 Å². The van der Waals surface area contributed by atoms with Gasteiger partial charge in [-0.15, -0.1) is 11.3 Å². The molecule has 0 unspecified atom stereocenters. The highest BCUT2D eigenvalue weighted by Gasteiger charge is 2.25. The Morgan fingerprint density at radius 1 is 1.32 bits per heavy atom. The molecule has 0 fully saturated rings. The molecule has 0 radical (unpaired) electrons. The molecule has 1 atom stereocenters. The molecule has 2 rings (SSSR count). The van der Waals surface area contributed by atoms with Crippen molar-refractivity contribution >= 4 is 33.4 Å². The van der Waals surface area contributed by atoms with Gasteiger partial charge in [0.25, 0.3) is 5.91 Å². The number of carbonyl (C=O) groups is 2. The van der Waals surface area contributed by atoms with E-state index in [1.807, 2.05) is 7.05 Å². The van der Waals surface area contributed by atoms with E-state index in [1.165, 1.54) is 11.3 Å². The molecule has 2 aromatic rings. The molecule has 1 amide bonds. The second-order valence-electron chi connectivity index (χ2n) is 6.03. The van der Waals surface area contributed by atoms with Gasteiger partial charge >= 0.3 is 5.97 Å². The molecular weight excluding hydrogens is 302 g/mol. The quantitative estimate of drug-likeness (QED) is 0.886. The van der Waals surface area contributed by atoms with Gasteiger partial charge in [-0.3, -0.25) is 9.48 Å². The second-order valence-corrected chi connectivity index (χ2v) is 7.06. The summed E-state index contributed by atoms with van der Waals surface area (Å²) in [6, 6.07) is 0.914. The molecule has 2 heterocycles. The number of hydrogen-bond donors (Lipinski definition) is 2. The van der Waals surface area contributed by atoms with E-state index in [1.54, 1.807) is 24.6 Å². The molecule has 2 aromatic heterocycles. The molecule has 22 heavy (non-hydrogen) atoms. The Morgan fingerprint density at radius 3 is 2.45 bits per heavy atom. The fourth-order valence-corrected chi connectivity index (χ4v) is 3.31. The number of fused-ring (bicyclic) bond motifs is 1. The van der Waals surface area contributed by atoms with E-state index < -0.39 is 12.0 Å². The molecule has 0 aliphatic rings.